The van der Waals surface area contributed by atoms with Gasteiger partial charge in [0.1, 0.15) is 5.78 Å². The van der Waals surface area contributed by atoms with Crippen molar-refractivity contribution < 1.29 is 9.59 Å². The molecule has 0 N–H and O–H groups in total. The minimum atomic E-state index is 0.116. The number of amides is 1. The van der Waals surface area contributed by atoms with Gasteiger partial charge in [0.05, 0.1) is 5.92 Å². The van der Waals surface area contributed by atoms with Crippen LogP contribution in [0.5, 0.6) is 0 Å². The SMILES string of the molecule is CCCC(=O)N1CC(C(C)=O)C1. The van der Waals surface area contributed by atoms with Crippen LogP contribution in [0.4, 0.5) is 0 Å². The fourth-order valence-corrected chi connectivity index (χ4v) is 1.31. The van der Waals surface area contributed by atoms with Crippen LogP contribution in [-0.4, -0.2) is 29.7 Å². The molecule has 68 valence electrons. The van der Waals surface area contributed by atoms with Crippen LogP contribution in [-0.2, 0) is 9.59 Å². The van der Waals surface area contributed by atoms with Crippen molar-refractivity contribution in [2.24, 2.45) is 5.92 Å². The van der Waals surface area contributed by atoms with Gasteiger partial charge >= 0.3 is 0 Å². The van der Waals surface area contributed by atoms with Crippen molar-refractivity contribution in [3.8, 4) is 0 Å². The second-order valence-electron chi connectivity index (χ2n) is 3.36. The van der Waals surface area contributed by atoms with Crippen molar-refractivity contribution in [1.29, 1.82) is 0 Å². The first-order valence-corrected chi connectivity index (χ1v) is 4.43. The average Bonchev–Trinajstić information content (AvgIpc) is 1.82. The smallest absolute Gasteiger partial charge is 0.222 e. The molecule has 0 aromatic heterocycles. The summed E-state index contributed by atoms with van der Waals surface area (Å²) >= 11 is 0. The molecule has 1 heterocycles. The number of hydrogen-bond acceptors (Lipinski definition) is 2. The fraction of sp³-hybridized carbons (Fsp3) is 0.778. The molecular formula is C9H15NO2. The Morgan fingerprint density at radius 1 is 1.42 bits per heavy atom. The molecule has 1 aliphatic heterocycles. The quantitative estimate of drug-likeness (QED) is 0.627. The summed E-state index contributed by atoms with van der Waals surface area (Å²) in [6.07, 6.45) is 1.50. The summed E-state index contributed by atoms with van der Waals surface area (Å²) < 4.78 is 0. The molecule has 12 heavy (non-hydrogen) atoms. The number of Topliss-reactive ketones (excluding diaryl/α,β-unsaturated/α-hetero) is 1. The molecule has 0 bridgehead atoms. The van der Waals surface area contributed by atoms with Crippen LogP contribution in [0.3, 0.4) is 0 Å². The maximum atomic E-state index is 11.2. The molecule has 3 heteroatoms. The van der Waals surface area contributed by atoms with Gasteiger partial charge in [0, 0.05) is 19.5 Å². The van der Waals surface area contributed by atoms with Crippen molar-refractivity contribution in [3.63, 3.8) is 0 Å². The summed E-state index contributed by atoms with van der Waals surface area (Å²) in [7, 11) is 0. The zero-order chi connectivity index (χ0) is 9.14. The van der Waals surface area contributed by atoms with E-state index in [1.54, 1.807) is 11.8 Å². The first-order valence-electron chi connectivity index (χ1n) is 4.43. The van der Waals surface area contributed by atoms with E-state index in [0.717, 1.165) is 6.42 Å². The van der Waals surface area contributed by atoms with E-state index in [1.165, 1.54) is 0 Å². The number of likely N-dealkylation sites (tertiary alicyclic amines) is 1. The molecule has 1 saturated heterocycles. The number of rotatable bonds is 3. The van der Waals surface area contributed by atoms with Crippen LogP contribution < -0.4 is 0 Å². The van der Waals surface area contributed by atoms with E-state index in [4.69, 9.17) is 0 Å². The zero-order valence-corrected chi connectivity index (χ0v) is 7.67. The molecule has 1 fully saturated rings. The van der Waals surface area contributed by atoms with E-state index in [-0.39, 0.29) is 17.6 Å². The Morgan fingerprint density at radius 3 is 2.42 bits per heavy atom. The summed E-state index contributed by atoms with van der Waals surface area (Å²) in [5.41, 5.74) is 0. The second-order valence-corrected chi connectivity index (χ2v) is 3.36. The number of hydrogen-bond donors (Lipinski definition) is 0. The van der Waals surface area contributed by atoms with E-state index in [9.17, 15) is 9.59 Å². The monoisotopic (exact) mass is 169 g/mol. The van der Waals surface area contributed by atoms with Gasteiger partial charge in [-0.3, -0.25) is 9.59 Å². The third-order valence-electron chi connectivity index (χ3n) is 2.27. The lowest BCUT2D eigenvalue weighted by Crippen LogP contribution is -2.52. The molecular weight excluding hydrogens is 154 g/mol. The lowest BCUT2D eigenvalue weighted by molar-refractivity contribution is -0.141. The van der Waals surface area contributed by atoms with Crippen LogP contribution in [0.15, 0.2) is 0 Å². The molecule has 0 unspecified atom stereocenters. The molecule has 0 radical (unpaired) electrons. The van der Waals surface area contributed by atoms with Gasteiger partial charge in [0.2, 0.25) is 5.91 Å². The summed E-state index contributed by atoms with van der Waals surface area (Å²) in [5, 5.41) is 0. The van der Waals surface area contributed by atoms with Gasteiger partial charge in [-0.05, 0) is 13.3 Å². The third-order valence-corrected chi connectivity index (χ3v) is 2.27. The highest BCUT2D eigenvalue weighted by Gasteiger charge is 2.32. The molecule has 0 aromatic rings. The highest BCUT2D eigenvalue weighted by atomic mass is 16.2. The summed E-state index contributed by atoms with van der Waals surface area (Å²) in [6, 6.07) is 0. The average molecular weight is 169 g/mol. The van der Waals surface area contributed by atoms with Gasteiger partial charge in [-0.1, -0.05) is 6.92 Å². The Labute approximate surface area is 72.7 Å². The minimum absolute atomic E-state index is 0.116. The number of carbonyl (C=O) groups excluding carboxylic acids is 2. The standard InChI is InChI=1S/C9H15NO2/c1-3-4-9(12)10-5-8(6-10)7(2)11/h8H,3-6H2,1-2H3. The molecule has 0 aromatic carbocycles. The Hall–Kier alpha value is -0.860. The summed E-state index contributed by atoms with van der Waals surface area (Å²) in [6.45, 7) is 4.87. The van der Waals surface area contributed by atoms with Crippen LogP contribution in [0, 0.1) is 5.92 Å². The lowest BCUT2D eigenvalue weighted by Gasteiger charge is -2.37. The molecule has 1 aliphatic rings. The van der Waals surface area contributed by atoms with E-state index in [2.05, 4.69) is 0 Å². The van der Waals surface area contributed by atoms with Crippen molar-refractivity contribution in [1.82, 2.24) is 4.90 Å². The Bertz CT molecular complexity index is 195. The number of carbonyl (C=O) groups is 2. The minimum Gasteiger partial charge on any atom is -0.341 e. The zero-order valence-electron chi connectivity index (χ0n) is 7.67. The molecule has 1 amide bonds. The van der Waals surface area contributed by atoms with Crippen molar-refractivity contribution in [2.45, 2.75) is 26.7 Å². The highest BCUT2D eigenvalue weighted by molar-refractivity contribution is 5.84. The van der Waals surface area contributed by atoms with E-state index < -0.39 is 0 Å². The summed E-state index contributed by atoms with van der Waals surface area (Å²) in [4.78, 5) is 23.8. The van der Waals surface area contributed by atoms with Crippen molar-refractivity contribution >= 4 is 11.7 Å². The predicted molar refractivity (Wildman–Crippen MR) is 45.7 cm³/mol. The lowest BCUT2D eigenvalue weighted by atomic mass is 9.96. The van der Waals surface area contributed by atoms with E-state index in [0.29, 0.717) is 19.5 Å². The van der Waals surface area contributed by atoms with Gasteiger partial charge in [-0.2, -0.15) is 0 Å². The van der Waals surface area contributed by atoms with Gasteiger partial charge in [0.25, 0.3) is 0 Å². The van der Waals surface area contributed by atoms with Crippen molar-refractivity contribution in [3.05, 3.63) is 0 Å². The highest BCUT2D eigenvalue weighted by Crippen LogP contribution is 2.17. The van der Waals surface area contributed by atoms with Crippen LogP contribution in [0.2, 0.25) is 0 Å². The molecule has 3 nitrogen and oxygen atoms in total. The first kappa shape index (κ1) is 9.23. The largest absolute Gasteiger partial charge is 0.341 e. The molecule has 1 rings (SSSR count). The van der Waals surface area contributed by atoms with E-state index >= 15 is 0 Å². The summed E-state index contributed by atoms with van der Waals surface area (Å²) in [5.74, 6) is 0.511. The van der Waals surface area contributed by atoms with Gasteiger partial charge in [-0.25, -0.2) is 0 Å². The molecule has 0 aliphatic carbocycles. The topological polar surface area (TPSA) is 37.4 Å². The van der Waals surface area contributed by atoms with Gasteiger partial charge < -0.3 is 4.90 Å². The fourth-order valence-electron chi connectivity index (χ4n) is 1.31. The number of ketones is 1. The third kappa shape index (κ3) is 1.84. The Kier molecular flexibility index (Phi) is 2.84. The van der Waals surface area contributed by atoms with Crippen molar-refractivity contribution in [2.75, 3.05) is 13.1 Å². The van der Waals surface area contributed by atoms with E-state index in [1.807, 2.05) is 6.92 Å². The molecule has 0 spiro atoms. The maximum Gasteiger partial charge on any atom is 0.222 e. The number of nitrogens with zero attached hydrogens (tertiary/aromatic N) is 1. The molecule has 0 saturated carbocycles. The van der Waals surface area contributed by atoms with Gasteiger partial charge in [-0.15, -0.1) is 0 Å². The van der Waals surface area contributed by atoms with Crippen LogP contribution in [0.25, 0.3) is 0 Å². The predicted octanol–water partition coefficient (Wildman–Crippen LogP) is 0.834. The first-order chi connectivity index (χ1) is 5.65. The maximum absolute atomic E-state index is 11.2. The van der Waals surface area contributed by atoms with Crippen LogP contribution in [0.1, 0.15) is 26.7 Å². The Balaban J connectivity index is 2.25. The normalized spacial score (nSPS) is 17.3. The second kappa shape index (κ2) is 3.70. The molecule has 0 atom stereocenters. The Morgan fingerprint density at radius 2 is 2.00 bits per heavy atom. The van der Waals surface area contributed by atoms with Gasteiger partial charge in [0.15, 0.2) is 0 Å². The van der Waals surface area contributed by atoms with Crippen LogP contribution >= 0.6 is 0 Å².